The molecule has 0 fully saturated rings. The smallest absolute Gasteiger partial charge is 0.433 e. The highest BCUT2D eigenvalue weighted by Gasteiger charge is 2.33. The van der Waals surface area contributed by atoms with Crippen molar-refractivity contribution in [3.8, 4) is 5.75 Å². The number of alkyl halides is 6. The molecule has 1 aromatic carbocycles. The zero-order chi connectivity index (χ0) is 35.9. The second kappa shape index (κ2) is 19.4. The Kier molecular flexibility index (Phi) is 17.2. The molecule has 0 bridgehead atoms. The Morgan fingerprint density at radius 2 is 1.55 bits per heavy atom. The first-order valence-corrected chi connectivity index (χ1v) is 15.9. The van der Waals surface area contributed by atoms with Gasteiger partial charge in [-0.2, -0.15) is 39.0 Å². The van der Waals surface area contributed by atoms with Crippen LogP contribution in [0.4, 0.5) is 43.8 Å². The van der Waals surface area contributed by atoms with E-state index in [1.165, 1.54) is 44.6 Å². The van der Waals surface area contributed by atoms with E-state index in [1.54, 1.807) is 6.26 Å². The number of H-pyrrole nitrogens is 1. The van der Waals surface area contributed by atoms with Gasteiger partial charge in [0.05, 0.1) is 32.3 Å². The average Bonchev–Trinajstić information content (AvgIpc) is 3.40. The molecule has 17 heteroatoms. The molecular formula is C30H36Cl2F6N6O2S. The number of thiol groups is 1. The number of halogens is 8. The van der Waals surface area contributed by atoms with Crippen molar-refractivity contribution < 1.29 is 35.9 Å². The first-order chi connectivity index (χ1) is 22.1. The Bertz CT molecular complexity index is 1560. The number of amides is 1. The molecule has 0 radical (unpaired) electrons. The molecule has 0 atom stereocenters. The zero-order valence-corrected chi connectivity index (χ0v) is 28.8. The van der Waals surface area contributed by atoms with Crippen molar-refractivity contribution in [3.63, 3.8) is 0 Å². The molecule has 3 aromatic heterocycles. The number of aromatic nitrogens is 4. The van der Waals surface area contributed by atoms with Crippen LogP contribution in [-0.4, -0.2) is 44.9 Å². The Labute approximate surface area is 284 Å². The summed E-state index contributed by atoms with van der Waals surface area (Å²) < 4.78 is 82.8. The van der Waals surface area contributed by atoms with Gasteiger partial charge >= 0.3 is 12.4 Å². The number of nitrogens with one attached hydrogen (secondary N) is 3. The summed E-state index contributed by atoms with van der Waals surface area (Å²) in [5, 5.41) is 5.28. The number of fused-ring (bicyclic) bond motifs is 1. The molecule has 0 unspecified atom stereocenters. The third kappa shape index (κ3) is 13.3. The van der Waals surface area contributed by atoms with Gasteiger partial charge in [-0.25, -0.2) is 9.97 Å². The molecule has 47 heavy (non-hydrogen) atoms. The topological polar surface area (TPSA) is 105 Å². The summed E-state index contributed by atoms with van der Waals surface area (Å²) in [6, 6.07) is 4.14. The van der Waals surface area contributed by atoms with Gasteiger partial charge in [-0.05, 0) is 36.9 Å². The minimum Gasteiger partial charge on any atom is -0.483 e. The maximum atomic E-state index is 13.1. The maximum absolute atomic E-state index is 13.1. The monoisotopic (exact) mass is 728 g/mol. The van der Waals surface area contributed by atoms with Crippen LogP contribution in [0.5, 0.6) is 5.75 Å². The van der Waals surface area contributed by atoms with Crippen molar-refractivity contribution in [3.05, 3.63) is 63.5 Å². The van der Waals surface area contributed by atoms with E-state index in [0.29, 0.717) is 0 Å². The Morgan fingerprint density at radius 3 is 2.06 bits per heavy atom. The zero-order valence-electron chi connectivity index (χ0n) is 26.4. The number of anilines is 3. The van der Waals surface area contributed by atoms with Gasteiger partial charge in [0.1, 0.15) is 17.3 Å². The number of pyridine rings is 2. The van der Waals surface area contributed by atoms with Crippen LogP contribution in [-0.2, 0) is 6.18 Å². The number of aryl methyl sites for hydroxylation is 1. The fourth-order valence-electron chi connectivity index (χ4n) is 3.62. The molecule has 8 nitrogen and oxygen atoms in total. The summed E-state index contributed by atoms with van der Waals surface area (Å²) in [6.07, 6.45) is -1.13. The highest BCUT2D eigenvalue weighted by molar-refractivity contribution is 7.79. The van der Waals surface area contributed by atoms with Crippen LogP contribution < -0.4 is 15.4 Å². The summed E-state index contributed by atoms with van der Waals surface area (Å²) in [5.74, 6) is -1.99. The molecule has 3 N–H and O–H groups in total. The number of carbonyl (C=O) groups excluding carboxylic acids is 1. The molecule has 0 aliphatic heterocycles. The minimum atomic E-state index is -4.79. The lowest BCUT2D eigenvalue weighted by Gasteiger charge is -2.14. The second-order valence-corrected chi connectivity index (χ2v) is 9.99. The molecule has 0 spiro atoms. The van der Waals surface area contributed by atoms with E-state index >= 15 is 0 Å². The first-order valence-electron chi connectivity index (χ1n) is 14.2. The predicted octanol–water partition coefficient (Wildman–Crippen LogP) is 10.7. The third-order valence-electron chi connectivity index (χ3n) is 5.52. The van der Waals surface area contributed by atoms with Crippen LogP contribution in [0.25, 0.3) is 11.0 Å². The molecular weight excluding hydrogens is 693 g/mol. The Balaban J connectivity index is 0.00000110. The van der Waals surface area contributed by atoms with Gasteiger partial charge in [0.2, 0.25) is 5.95 Å². The van der Waals surface area contributed by atoms with Crippen LogP contribution in [0.3, 0.4) is 0 Å². The lowest BCUT2D eigenvalue weighted by atomic mass is 10.1. The fraction of sp³-hybridized carbons (Fsp3) is 0.400. The predicted molar refractivity (Wildman–Crippen MR) is 179 cm³/mol. The number of carbonyl (C=O) groups is 1. The van der Waals surface area contributed by atoms with Gasteiger partial charge in [0, 0.05) is 18.5 Å². The van der Waals surface area contributed by atoms with E-state index in [4.69, 9.17) is 27.9 Å². The number of nitrogens with zero attached hydrogens (tertiary/aromatic N) is 3. The van der Waals surface area contributed by atoms with E-state index in [2.05, 4.69) is 57.0 Å². The number of hydrogen-bond donors (Lipinski definition) is 4. The van der Waals surface area contributed by atoms with Crippen molar-refractivity contribution in [2.24, 2.45) is 0 Å². The third-order valence-corrected chi connectivity index (χ3v) is 6.10. The van der Waals surface area contributed by atoms with Gasteiger partial charge < -0.3 is 20.4 Å². The standard InChI is InChI=1S/C22H14Cl2F6N6O2.C5H12.C2H6.CH4S/c1-9-2-16(22(28,29)30)34-17(3-9)35-19(37)10-4-13-14(5-15(10)38-8-21(25,26)27)33-20(32-13)36-18-11(23)6-31-7-12(18)24;1-3-5-4-2;2*1-2/h2-7H,8H2,1H3,(H,34,35,37)(H2,31,32,33,36);3-5H2,1-2H3;1-2H3;2H,1H3. The van der Waals surface area contributed by atoms with Gasteiger partial charge in [0.15, 0.2) is 6.61 Å². The molecule has 260 valence electrons. The fourth-order valence-corrected chi connectivity index (χ4v) is 4.08. The first kappa shape index (κ1) is 41.6. The molecule has 0 saturated carbocycles. The molecule has 0 aliphatic rings. The number of benzene rings is 1. The number of hydrogen-bond acceptors (Lipinski definition) is 7. The highest BCUT2D eigenvalue weighted by Crippen LogP contribution is 2.34. The van der Waals surface area contributed by atoms with E-state index in [9.17, 15) is 31.1 Å². The van der Waals surface area contributed by atoms with Gasteiger partial charge in [-0.15, -0.1) is 0 Å². The van der Waals surface area contributed by atoms with E-state index in [0.717, 1.165) is 18.2 Å². The van der Waals surface area contributed by atoms with Crippen LogP contribution in [0.1, 0.15) is 68.6 Å². The molecule has 1 amide bonds. The lowest BCUT2D eigenvalue weighted by molar-refractivity contribution is -0.153. The normalized spacial score (nSPS) is 10.9. The molecule has 0 saturated heterocycles. The highest BCUT2D eigenvalue weighted by atomic mass is 35.5. The number of rotatable bonds is 8. The maximum Gasteiger partial charge on any atom is 0.433 e. The van der Waals surface area contributed by atoms with E-state index in [1.807, 2.05) is 13.8 Å². The molecule has 3 heterocycles. The summed E-state index contributed by atoms with van der Waals surface area (Å²) >= 11 is 15.7. The number of aromatic amines is 1. The number of imidazole rings is 1. The van der Waals surface area contributed by atoms with Crippen LogP contribution in [0, 0.1) is 6.92 Å². The van der Waals surface area contributed by atoms with Crippen molar-refractivity contribution in [2.75, 3.05) is 23.5 Å². The van der Waals surface area contributed by atoms with Crippen LogP contribution in [0.15, 0.2) is 36.7 Å². The Morgan fingerprint density at radius 1 is 0.957 bits per heavy atom. The SMILES string of the molecule is CC.CCCCC.CS.Cc1cc(NC(=O)c2cc3[nH]c(Nc4c(Cl)cncc4Cl)nc3cc2OCC(F)(F)F)nc(C(F)(F)F)c1. The van der Waals surface area contributed by atoms with Crippen molar-refractivity contribution in [1.29, 1.82) is 0 Å². The van der Waals surface area contributed by atoms with Gasteiger partial charge in [-0.1, -0.05) is 70.2 Å². The largest absolute Gasteiger partial charge is 0.483 e. The molecule has 0 aliphatic carbocycles. The quantitative estimate of drug-likeness (QED) is 0.106. The summed E-state index contributed by atoms with van der Waals surface area (Å²) in [5.41, 5.74) is -1.03. The summed E-state index contributed by atoms with van der Waals surface area (Å²) in [4.78, 5) is 27.2. The summed E-state index contributed by atoms with van der Waals surface area (Å²) in [6.45, 7) is 8.04. The Hall–Kier alpha value is -3.43. The van der Waals surface area contributed by atoms with Crippen molar-refractivity contribution in [1.82, 2.24) is 19.9 Å². The molecule has 4 rings (SSSR count). The lowest BCUT2D eigenvalue weighted by Crippen LogP contribution is -2.21. The van der Waals surface area contributed by atoms with Gasteiger partial charge in [0.25, 0.3) is 5.91 Å². The van der Waals surface area contributed by atoms with Crippen molar-refractivity contribution >= 4 is 70.2 Å². The number of unbranched alkanes of at least 4 members (excludes halogenated alkanes) is 2. The van der Waals surface area contributed by atoms with E-state index < -0.39 is 47.7 Å². The summed E-state index contributed by atoms with van der Waals surface area (Å²) in [7, 11) is 0. The van der Waals surface area contributed by atoms with Gasteiger partial charge in [-0.3, -0.25) is 9.78 Å². The second-order valence-electron chi connectivity index (χ2n) is 9.18. The average molecular weight is 730 g/mol. The van der Waals surface area contributed by atoms with Crippen LogP contribution in [0.2, 0.25) is 10.0 Å². The van der Waals surface area contributed by atoms with Crippen molar-refractivity contribution in [2.45, 2.75) is 66.2 Å². The van der Waals surface area contributed by atoms with E-state index in [-0.39, 0.29) is 38.3 Å². The van der Waals surface area contributed by atoms with Crippen LogP contribution >= 0.6 is 35.8 Å². The number of ether oxygens (including phenoxy) is 1. The minimum absolute atomic E-state index is 0.0597. The molecule has 4 aromatic rings.